The Bertz CT molecular complexity index is 646. The topological polar surface area (TPSA) is 0 Å². The molecule has 18 heavy (non-hydrogen) atoms. The lowest BCUT2D eigenvalue weighted by molar-refractivity contribution is 1.19. The number of allylic oxidation sites excluding steroid dienone is 2. The molecular weight excluding hydrogens is 216 g/mol. The van der Waals surface area contributed by atoms with Crippen LogP contribution < -0.4 is 10.4 Å². The van der Waals surface area contributed by atoms with Crippen molar-refractivity contribution in [2.45, 2.75) is 40.5 Å². The van der Waals surface area contributed by atoms with Gasteiger partial charge >= 0.3 is 0 Å². The first-order chi connectivity index (χ1) is 8.65. The van der Waals surface area contributed by atoms with Crippen LogP contribution in [0.5, 0.6) is 0 Å². The van der Waals surface area contributed by atoms with Crippen LogP contribution in [0.1, 0.15) is 48.9 Å². The van der Waals surface area contributed by atoms with Crippen LogP contribution in [-0.2, 0) is 0 Å². The highest BCUT2D eigenvalue weighted by molar-refractivity contribution is 5.82. The minimum atomic E-state index is 1.12. The molecule has 0 aliphatic heterocycles. The number of hydrogen-bond acceptors (Lipinski definition) is 0. The zero-order valence-corrected chi connectivity index (χ0v) is 11.7. The molecule has 1 aromatic rings. The standard InChI is InChI=1S/C18H20/c1-5-13-7-15-11(3)17-9-14(6-2)10-18(17)12(4)16(15)8-13/h7-10H,5-6H2,1-4H3. The summed E-state index contributed by atoms with van der Waals surface area (Å²) in [6.07, 6.45) is 11.7. The Kier molecular flexibility index (Phi) is 2.55. The van der Waals surface area contributed by atoms with Gasteiger partial charge in [0.2, 0.25) is 0 Å². The SMILES string of the molecule is CCC1=Cc2c(C)c3c(c(C)c2=C1)C=C(CC)C=3. The van der Waals surface area contributed by atoms with E-state index in [4.69, 9.17) is 0 Å². The first kappa shape index (κ1) is 11.5. The van der Waals surface area contributed by atoms with Gasteiger partial charge in [0.1, 0.15) is 0 Å². The van der Waals surface area contributed by atoms with Crippen molar-refractivity contribution >= 4 is 24.3 Å². The molecular formula is C18H20. The molecule has 0 spiro atoms. The van der Waals surface area contributed by atoms with Crippen molar-refractivity contribution in [3.63, 3.8) is 0 Å². The van der Waals surface area contributed by atoms with E-state index in [-0.39, 0.29) is 0 Å². The second kappa shape index (κ2) is 3.98. The van der Waals surface area contributed by atoms with Crippen LogP contribution in [0.3, 0.4) is 0 Å². The molecule has 2 aliphatic rings. The maximum absolute atomic E-state index is 2.37. The largest absolute Gasteiger partial charge is 0.0613 e. The van der Waals surface area contributed by atoms with Crippen molar-refractivity contribution in [1.82, 2.24) is 0 Å². The van der Waals surface area contributed by atoms with Crippen molar-refractivity contribution in [2.75, 3.05) is 0 Å². The number of hydrogen-bond donors (Lipinski definition) is 0. The number of rotatable bonds is 2. The van der Waals surface area contributed by atoms with E-state index in [1.807, 2.05) is 0 Å². The fourth-order valence-electron chi connectivity index (χ4n) is 3.08. The molecule has 0 heterocycles. The average Bonchev–Trinajstić information content (AvgIpc) is 3.00. The van der Waals surface area contributed by atoms with Gasteiger partial charge in [-0.1, -0.05) is 38.2 Å². The molecule has 92 valence electrons. The van der Waals surface area contributed by atoms with Crippen molar-refractivity contribution in [2.24, 2.45) is 0 Å². The summed E-state index contributed by atoms with van der Waals surface area (Å²) < 4.78 is 0. The molecule has 0 atom stereocenters. The van der Waals surface area contributed by atoms with E-state index in [0.29, 0.717) is 0 Å². The summed E-state index contributed by atoms with van der Waals surface area (Å²) in [5.41, 5.74) is 8.71. The third-order valence-corrected chi connectivity index (χ3v) is 4.33. The summed E-state index contributed by atoms with van der Waals surface area (Å²) in [4.78, 5) is 0. The van der Waals surface area contributed by atoms with Crippen LogP contribution in [0.4, 0.5) is 0 Å². The van der Waals surface area contributed by atoms with E-state index in [0.717, 1.165) is 12.8 Å². The van der Waals surface area contributed by atoms with Gasteiger partial charge in [-0.05, 0) is 70.5 Å². The molecule has 0 aromatic heterocycles. The second-order valence-corrected chi connectivity index (χ2v) is 5.34. The fraction of sp³-hybridized carbons (Fsp3) is 0.333. The molecule has 2 aliphatic carbocycles. The van der Waals surface area contributed by atoms with Crippen molar-refractivity contribution in [1.29, 1.82) is 0 Å². The summed E-state index contributed by atoms with van der Waals surface area (Å²) in [6.45, 7) is 8.99. The van der Waals surface area contributed by atoms with E-state index in [2.05, 4.69) is 52.0 Å². The summed E-state index contributed by atoms with van der Waals surface area (Å²) in [6, 6.07) is 0. The number of benzene rings is 1. The van der Waals surface area contributed by atoms with E-state index in [1.165, 1.54) is 43.8 Å². The molecule has 0 heteroatoms. The third-order valence-electron chi connectivity index (χ3n) is 4.33. The molecule has 0 saturated heterocycles. The van der Waals surface area contributed by atoms with Crippen LogP contribution in [0.15, 0.2) is 11.1 Å². The van der Waals surface area contributed by atoms with E-state index in [9.17, 15) is 0 Å². The van der Waals surface area contributed by atoms with E-state index < -0.39 is 0 Å². The lowest BCUT2D eigenvalue weighted by atomic mass is 9.97. The molecule has 0 saturated carbocycles. The first-order valence-corrected chi connectivity index (χ1v) is 6.93. The number of fused-ring (bicyclic) bond motifs is 2. The summed E-state index contributed by atoms with van der Waals surface area (Å²) >= 11 is 0. The van der Waals surface area contributed by atoms with Crippen molar-refractivity contribution in [3.05, 3.63) is 43.8 Å². The predicted molar refractivity (Wildman–Crippen MR) is 80.6 cm³/mol. The van der Waals surface area contributed by atoms with Gasteiger partial charge in [-0.3, -0.25) is 0 Å². The van der Waals surface area contributed by atoms with Crippen molar-refractivity contribution in [3.8, 4) is 0 Å². The third kappa shape index (κ3) is 1.45. The summed E-state index contributed by atoms with van der Waals surface area (Å²) in [5.74, 6) is 0. The smallest absolute Gasteiger partial charge is 0.0143 e. The molecule has 3 rings (SSSR count). The van der Waals surface area contributed by atoms with Gasteiger partial charge in [0, 0.05) is 0 Å². The maximum Gasteiger partial charge on any atom is -0.0143 e. The summed E-state index contributed by atoms with van der Waals surface area (Å²) in [5, 5.41) is 2.90. The Hall–Kier alpha value is -1.56. The first-order valence-electron chi connectivity index (χ1n) is 6.93. The minimum Gasteiger partial charge on any atom is -0.0613 e. The van der Waals surface area contributed by atoms with Gasteiger partial charge in [-0.15, -0.1) is 0 Å². The molecule has 0 unspecified atom stereocenters. The molecule has 0 bridgehead atoms. The van der Waals surface area contributed by atoms with Crippen LogP contribution >= 0.6 is 0 Å². The fourth-order valence-corrected chi connectivity index (χ4v) is 3.08. The lowest BCUT2D eigenvalue weighted by Gasteiger charge is -2.07. The van der Waals surface area contributed by atoms with Crippen LogP contribution in [0.2, 0.25) is 0 Å². The minimum absolute atomic E-state index is 1.12. The van der Waals surface area contributed by atoms with Crippen LogP contribution in [0.25, 0.3) is 24.3 Å². The highest BCUT2D eigenvalue weighted by atomic mass is 14.2. The van der Waals surface area contributed by atoms with Gasteiger partial charge in [0.15, 0.2) is 0 Å². The summed E-state index contributed by atoms with van der Waals surface area (Å²) in [7, 11) is 0. The molecule has 1 aromatic carbocycles. The average molecular weight is 236 g/mol. The van der Waals surface area contributed by atoms with Crippen molar-refractivity contribution < 1.29 is 0 Å². The quantitative estimate of drug-likeness (QED) is 0.737. The monoisotopic (exact) mass is 236 g/mol. The second-order valence-electron chi connectivity index (χ2n) is 5.34. The zero-order chi connectivity index (χ0) is 12.9. The van der Waals surface area contributed by atoms with Gasteiger partial charge in [-0.2, -0.15) is 0 Å². The Morgan fingerprint density at radius 1 is 0.667 bits per heavy atom. The maximum atomic E-state index is 2.37. The molecule has 0 N–H and O–H groups in total. The zero-order valence-electron chi connectivity index (χ0n) is 11.7. The molecule has 0 fully saturated rings. The van der Waals surface area contributed by atoms with E-state index >= 15 is 0 Å². The van der Waals surface area contributed by atoms with Crippen LogP contribution in [-0.4, -0.2) is 0 Å². The van der Waals surface area contributed by atoms with E-state index in [1.54, 1.807) is 0 Å². The predicted octanol–water partition coefficient (Wildman–Crippen LogP) is 3.48. The molecule has 0 nitrogen and oxygen atoms in total. The van der Waals surface area contributed by atoms with Gasteiger partial charge in [-0.25, -0.2) is 0 Å². The van der Waals surface area contributed by atoms with Gasteiger partial charge in [0.05, 0.1) is 0 Å². The highest BCUT2D eigenvalue weighted by Crippen LogP contribution is 2.23. The molecule has 0 radical (unpaired) electrons. The lowest BCUT2D eigenvalue weighted by Crippen LogP contribution is -2.22. The van der Waals surface area contributed by atoms with Gasteiger partial charge in [0.25, 0.3) is 0 Å². The normalized spacial score (nSPS) is 15.6. The Morgan fingerprint density at radius 2 is 1.06 bits per heavy atom. The Morgan fingerprint density at radius 3 is 1.39 bits per heavy atom. The highest BCUT2D eigenvalue weighted by Gasteiger charge is 2.16. The Balaban J connectivity index is 2.35. The molecule has 0 amide bonds. The van der Waals surface area contributed by atoms with Gasteiger partial charge < -0.3 is 0 Å². The Labute approximate surface area is 109 Å². The van der Waals surface area contributed by atoms with Crippen LogP contribution in [0, 0.1) is 13.8 Å².